The Morgan fingerprint density at radius 3 is 2.15 bits per heavy atom. The van der Waals surface area contributed by atoms with Crippen molar-refractivity contribution < 1.29 is 14.0 Å². The molecule has 0 heterocycles. The standard InChI is InChI=1S/C23H15Cl5FN3O2/c24-11-5-10(6-12(25)7-11)19-20(23(19,27)28)22(34)32-13-1-3-16(26)15(8-13)21(33)31-14-2-4-18(30)17(29)9-14/h1-9,19-20H,30H2,(H,31,33)(H,32,34)/t19-,20+/m0/s1. The molecule has 176 valence electrons. The van der Waals surface area contributed by atoms with Gasteiger partial charge in [-0.15, -0.1) is 23.2 Å². The monoisotopic (exact) mass is 559 g/mol. The third-order valence-electron chi connectivity index (χ3n) is 5.32. The van der Waals surface area contributed by atoms with Crippen LogP contribution in [0.1, 0.15) is 21.8 Å². The van der Waals surface area contributed by atoms with Gasteiger partial charge >= 0.3 is 0 Å². The van der Waals surface area contributed by atoms with Crippen LogP contribution in [0, 0.1) is 11.7 Å². The van der Waals surface area contributed by atoms with Crippen molar-refractivity contribution in [2.45, 2.75) is 10.3 Å². The second-order valence-electron chi connectivity index (χ2n) is 7.71. The number of carbonyl (C=O) groups excluding carboxylic acids is 2. The zero-order chi connectivity index (χ0) is 24.8. The Morgan fingerprint density at radius 1 is 0.882 bits per heavy atom. The number of carbonyl (C=O) groups is 2. The predicted molar refractivity (Wildman–Crippen MR) is 136 cm³/mol. The van der Waals surface area contributed by atoms with E-state index in [-0.39, 0.29) is 22.0 Å². The number of benzene rings is 3. The first kappa shape index (κ1) is 24.9. The minimum absolute atomic E-state index is 0.0474. The van der Waals surface area contributed by atoms with Crippen molar-refractivity contribution in [1.82, 2.24) is 0 Å². The van der Waals surface area contributed by atoms with Crippen molar-refractivity contribution >= 4 is 86.9 Å². The summed E-state index contributed by atoms with van der Waals surface area (Å²) in [4.78, 5) is 25.6. The van der Waals surface area contributed by atoms with Crippen molar-refractivity contribution in [3.8, 4) is 0 Å². The number of rotatable bonds is 5. The second-order valence-corrected chi connectivity index (χ2v) is 10.4. The molecule has 0 spiro atoms. The van der Waals surface area contributed by atoms with Crippen LogP contribution >= 0.6 is 58.0 Å². The molecular formula is C23H15Cl5FN3O2. The third kappa shape index (κ3) is 5.07. The molecule has 1 saturated carbocycles. The van der Waals surface area contributed by atoms with Crippen LogP contribution in [-0.2, 0) is 4.79 Å². The molecule has 4 N–H and O–H groups in total. The number of alkyl halides is 2. The van der Waals surface area contributed by atoms with Gasteiger partial charge in [0.25, 0.3) is 5.91 Å². The molecule has 0 aromatic heterocycles. The molecule has 3 aromatic carbocycles. The smallest absolute Gasteiger partial charge is 0.257 e. The van der Waals surface area contributed by atoms with Gasteiger partial charge in [-0.25, -0.2) is 4.39 Å². The topological polar surface area (TPSA) is 84.2 Å². The van der Waals surface area contributed by atoms with Crippen LogP contribution in [0.15, 0.2) is 54.6 Å². The van der Waals surface area contributed by atoms with E-state index in [1.54, 1.807) is 18.2 Å². The van der Waals surface area contributed by atoms with Gasteiger partial charge in [-0.2, -0.15) is 0 Å². The number of nitrogen functional groups attached to an aromatic ring is 1. The Labute approximate surface area is 219 Å². The molecular weight excluding hydrogens is 547 g/mol. The normalized spacial score (nSPS) is 18.3. The summed E-state index contributed by atoms with van der Waals surface area (Å²) < 4.78 is 12.3. The number of nitrogens with one attached hydrogen (secondary N) is 2. The molecule has 11 heteroatoms. The first-order chi connectivity index (χ1) is 16.0. The van der Waals surface area contributed by atoms with E-state index in [9.17, 15) is 14.0 Å². The van der Waals surface area contributed by atoms with Crippen LogP contribution in [0.2, 0.25) is 15.1 Å². The largest absolute Gasteiger partial charge is 0.396 e. The summed E-state index contributed by atoms with van der Waals surface area (Å²) in [5.41, 5.74) is 6.59. The highest BCUT2D eigenvalue weighted by molar-refractivity contribution is 6.53. The highest BCUT2D eigenvalue weighted by Gasteiger charge is 2.67. The molecule has 0 unspecified atom stereocenters. The molecule has 1 aliphatic rings. The number of amides is 2. The van der Waals surface area contributed by atoms with Gasteiger partial charge in [0.2, 0.25) is 5.91 Å². The Kier molecular flexibility index (Phi) is 6.91. The molecule has 0 bridgehead atoms. The van der Waals surface area contributed by atoms with Gasteiger partial charge in [0.1, 0.15) is 10.2 Å². The maximum atomic E-state index is 13.7. The molecule has 0 radical (unpaired) electrons. The fraction of sp³-hybridized carbons (Fsp3) is 0.130. The van der Waals surface area contributed by atoms with Crippen molar-refractivity contribution in [2.24, 2.45) is 5.92 Å². The number of nitrogens with two attached hydrogens (primary N) is 1. The molecule has 34 heavy (non-hydrogen) atoms. The Morgan fingerprint density at radius 2 is 1.50 bits per heavy atom. The SMILES string of the molecule is Nc1ccc(NC(=O)c2cc(NC(=O)[C@H]3[C@H](c4cc(Cl)cc(Cl)c4)C3(Cl)Cl)ccc2Cl)cc1F. The molecule has 1 fully saturated rings. The van der Waals surface area contributed by atoms with Crippen LogP contribution < -0.4 is 16.4 Å². The minimum atomic E-state index is -1.36. The molecule has 1 aliphatic carbocycles. The van der Waals surface area contributed by atoms with Crippen LogP contribution in [0.5, 0.6) is 0 Å². The molecule has 0 saturated heterocycles. The van der Waals surface area contributed by atoms with Crippen LogP contribution in [0.3, 0.4) is 0 Å². The lowest BCUT2D eigenvalue weighted by Crippen LogP contribution is -2.18. The fourth-order valence-corrected chi connectivity index (χ4v) is 5.20. The molecule has 4 rings (SSSR count). The summed E-state index contributed by atoms with van der Waals surface area (Å²) in [5, 5.41) is 6.16. The predicted octanol–water partition coefficient (Wildman–Crippen LogP) is 7.15. The Bertz CT molecular complexity index is 1300. The van der Waals surface area contributed by atoms with Crippen molar-refractivity contribution in [1.29, 1.82) is 0 Å². The van der Waals surface area contributed by atoms with E-state index < -0.39 is 33.8 Å². The summed E-state index contributed by atoms with van der Waals surface area (Å²) >= 11 is 31.1. The van der Waals surface area contributed by atoms with Crippen molar-refractivity contribution in [3.05, 3.63) is 86.6 Å². The van der Waals surface area contributed by atoms with E-state index >= 15 is 0 Å². The van der Waals surface area contributed by atoms with E-state index in [0.717, 1.165) is 6.07 Å². The second kappa shape index (κ2) is 9.44. The van der Waals surface area contributed by atoms with E-state index in [4.69, 9.17) is 63.7 Å². The Balaban J connectivity index is 1.51. The lowest BCUT2D eigenvalue weighted by atomic mass is 10.1. The maximum absolute atomic E-state index is 13.7. The molecule has 3 aromatic rings. The van der Waals surface area contributed by atoms with Gasteiger partial charge in [-0.05, 0) is 60.2 Å². The average molecular weight is 562 g/mol. The molecule has 2 amide bonds. The molecule has 5 nitrogen and oxygen atoms in total. The summed E-state index contributed by atoms with van der Waals surface area (Å²) in [6.07, 6.45) is 0. The highest BCUT2D eigenvalue weighted by atomic mass is 35.5. The molecule has 2 atom stereocenters. The summed E-state index contributed by atoms with van der Waals surface area (Å²) in [6.45, 7) is 0. The maximum Gasteiger partial charge on any atom is 0.257 e. The zero-order valence-electron chi connectivity index (χ0n) is 17.0. The quantitative estimate of drug-likeness (QED) is 0.229. The van der Waals surface area contributed by atoms with Crippen LogP contribution in [0.4, 0.5) is 21.5 Å². The van der Waals surface area contributed by atoms with Gasteiger partial charge in [0.15, 0.2) is 0 Å². The third-order valence-corrected chi connectivity index (χ3v) is 7.02. The first-order valence-electron chi connectivity index (χ1n) is 9.78. The van der Waals surface area contributed by atoms with E-state index in [0.29, 0.717) is 21.3 Å². The molecule has 0 aliphatic heterocycles. The van der Waals surface area contributed by atoms with E-state index in [2.05, 4.69) is 10.6 Å². The van der Waals surface area contributed by atoms with Gasteiger partial charge in [0.05, 0.1) is 22.2 Å². The fourth-order valence-electron chi connectivity index (χ4n) is 3.62. The van der Waals surface area contributed by atoms with E-state index in [1.807, 2.05) is 0 Å². The van der Waals surface area contributed by atoms with Crippen molar-refractivity contribution in [3.63, 3.8) is 0 Å². The van der Waals surface area contributed by atoms with Gasteiger partial charge in [-0.1, -0.05) is 34.8 Å². The lowest BCUT2D eigenvalue weighted by Gasteiger charge is -2.11. The number of hydrogen-bond donors (Lipinski definition) is 3. The summed E-state index contributed by atoms with van der Waals surface area (Å²) in [5.74, 6) is -3.04. The van der Waals surface area contributed by atoms with E-state index in [1.165, 1.54) is 30.3 Å². The highest BCUT2D eigenvalue weighted by Crippen LogP contribution is 2.65. The minimum Gasteiger partial charge on any atom is -0.396 e. The summed E-state index contributed by atoms with van der Waals surface area (Å²) in [7, 11) is 0. The zero-order valence-corrected chi connectivity index (χ0v) is 20.8. The van der Waals surface area contributed by atoms with Crippen LogP contribution in [0.25, 0.3) is 0 Å². The van der Waals surface area contributed by atoms with Gasteiger partial charge in [0, 0.05) is 27.3 Å². The average Bonchev–Trinajstić information content (AvgIpc) is 3.33. The number of hydrogen-bond acceptors (Lipinski definition) is 3. The van der Waals surface area contributed by atoms with Gasteiger partial charge in [-0.3, -0.25) is 9.59 Å². The number of halogens is 6. The summed E-state index contributed by atoms with van der Waals surface area (Å²) in [6, 6.07) is 13.1. The lowest BCUT2D eigenvalue weighted by molar-refractivity contribution is -0.117. The first-order valence-corrected chi connectivity index (χ1v) is 11.7. The van der Waals surface area contributed by atoms with Crippen molar-refractivity contribution in [2.75, 3.05) is 16.4 Å². The van der Waals surface area contributed by atoms with Gasteiger partial charge < -0.3 is 16.4 Å². The Hall–Kier alpha value is -2.22. The number of anilines is 3. The van der Waals surface area contributed by atoms with Crippen LogP contribution in [-0.4, -0.2) is 16.1 Å².